The second-order valence-electron chi connectivity index (χ2n) is 4.66. The maximum Gasteiger partial charge on any atom is 0.225 e. The highest BCUT2D eigenvalue weighted by molar-refractivity contribution is 5.58. The van der Waals surface area contributed by atoms with Crippen LogP contribution in [0.1, 0.15) is 11.5 Å². The SMILES string of the molecule is Cc1cc(N)nc(NCc2cc(-c3ccccc3)no2)n1. The Bertz CT molecular complexity index is 719. The molecule has 0 spiro atoms. The van der Waals surface area contributed by atoms with Crippen molar-refractivity contribution in [2.75, 3.05) is 11.1 Å². The summed E-state index contributed by atoms with van der Waals surface area (Å²) in [7, 11) is 0. The van der Waals surface area contributed by atoms with Crippen LogP contribution < -0.4 is 11.1 Å². The lowest BCUT2D eigenvalue weighted by Gasteiger charge is -2.03. The van der Waals surface area contributed by atoms with Crippen LogP contribution in [0.15, 0.2) is 47.0 Å². The predicted molar refractivity (Wildman–Crippen MR) is 80.4 cm³/mol. The van der Waals surface area contributed by atoms with E-state index in [9.17, 15) is 0 Å². The Labute approximate surface area is 122 Å². The first-order valence-corrected chi connectivity index (χ1v) is 6.57. The van der Waals surface area contributed by atoms with E-state index in [1.807, 2.05) is 43.3 Å². The molecule has 0 aliphatic heterocycles. The molecule has 0 saturated heterocycles. The van der Waals surface area contributed by atoms with Gasteiger partial charge < -0.3 is 15.6 Å². The molecule has 0 aliphatic carbocycles. The van der Waals surface area contributed by atoms with Crippen molar-refractivity contribution in [1.29, 1.82) is 0 Å². The summed E-state index contributed by atoms with van der Waals surface area (Å²) in [5.41, 5.74) is 8.31. The van der Waals surface area contributed by atoms with E-state index in [1.165, 1.54) is 0 Å². The van der Waals surface area contributed by atoms with Crippen LogP contribution in [0.2, 0.25) is 0 Å². The van der Waals surface area contributed by atoms with E-state index in [2.05, 4.69) is 20.4 Å². The fourth-order valence-corrected chi connectivity index (χ4v) is 1.98. The molecule has 0 aliphatic rings. The molecule has 6 heteroatoms. The highest BCUT2D eigenvalue weighted by atomic mass is 16.5. The van der Waals surface area contributed by atoms with Crippen molar-refractivity contribution in [3.63, 3.8) is 0 Å². The van der Waals surface area contributed by atoms with E-state index in [0.717, 1.165) is 17.0 Å². The number of benzene rings is 1. The largest absolute Gasteiger partial charge is 0.384 e. The van der Waals surface area contributed by atoms with E-state index in [4.69, 9.17) is 10.3 Å². The topological polar surface area (TPSA) is 89.9 Å². The number of nitrogens with two attached hydrogens (primary N) is 1. The van der Waals surface area contributed by atoms with Crippen LogP contribution in [-0.2, 0) is 6.54 Å². The summed E-state index contributed by atoms with van der Waals surface area (Å²) in [6, 6.07) is 13.5. The lowest BCUT2D eigenvalue weighted by atomic mass is 10.1. The second kappa shape index (κ2) is 5.62. The van der Waals surface area contributed by atoms with Crippen LogP contribution in [0.3, 0.4) is 0 Å². The molecule has 0 saturated carbocycles. The Kier molecular flexibility index (Phi) is 3.51. The molecule has 6 nitrogen and oxygen atoms in total. The summed E-state index contributed by atoms with van der Waals surface area (Å²) in [5.74, 6) is 1.62. The maximum absolute atomic E-state index is 5.68. The third kappa shape index (κ3) is 3.17. The smallest absolute Gasteiger partial charge is 0.225 e. The third-order valence-corrected chi connectivity index (χ3v) is 2.92. The number of nitrogen functional groups attached to an aromatic ring is 1. The minimum Gasteiger partial charge on any atom is -0.384 e. The zero-order chi connectivity index (χ0) is 14.7. The average Bonchev–Trinajstić information content (AvgIpc) is 2.94. The minimum atomic E-state index is 0.438. The minimum absolute atomic E-state index is 0.438. The van der Waals surface area contributed by atoms with Gasteiger partial charge in [-0.1, -0.05) is 35.5 Å². The third-order valence-electron chi connectivity index (χ3n) is 2.92. The molecule has 3 rings (SSSR count). The number of rotatable bonds is 4. The van der Waals surface area contributed by atoms with E-state index in [0.29, 0.717) is 24.1 Å². The van der Waals surface area contributed by atoms with Crippen molar-refractivity contribution in [1.82, 2.24) is 15.1 Å². The van der Waals surface area contributed by atoms with Crippen LogP contribution in [0, 0.1) is 6.92 Å². The van der Waals surface area contributed by atoms with Crippen molar-refractivity contribution >= 4 is 11.8 Å². The summed E-state index contributed by atoms with van der Waals surface area (Å²) in [6.45, 7) is 2.31. The zero-order valence-corrected chi connectivity index (χ0v) is 11.6. The van der Waals surface area contributed by atoms with Gasteiger partial charge in [-0.05, 0) is 6.92 Å². The molecule has 0 atom stereocenters. The van der Waals surface area contributed by atoms with Gasteiger partial charge in [0.2, 0.25) is 5.95 Å². The van der Waals surface area contributed by atoms with E-state index >= 15 is 0 Å². The first-order chi connectivity index (χ1) is 10.2. The van der Waals surface area contributed by atoms with Gasteiger partial charge >= 0.3 is 0 Å². The second-order valence-corrected chi connectivity index (χ2v) is 4.66. The van der Waals surface area contributed by atoms with Crippen molar-refractivity contribution in [2.45, 2.75) is 13.5 Å². The standard InChI is InChI=1S/C15H15N5O/c1-10-7-14(16)19-15(18-10)17-9-12-8-13(20-21-12)11-5-3-2-4-6-11/h2-8H,9H2,1H3,(H3,16,17,18,19). The molecule has 0 bridgehead atoms. The van der Waals surface area contributed by atoms with Crippen LogP contribution in [0.25, 0.3) is 11.3 Å². The van der Waals surface area contributed by atoms with Gasteiger partial charge in [-0.3, -0.25) is 0 Å². The molecular formula is C15H15N5O. The van der Waals surface area contributed by atoms with Crippen molar-refractivity contribution in [3.05, 3.63) is 53.9 Å². The molecule has 106 valence electrons. The maximum atomic E-state index is 5.68. The van der Waals surface area contributed by atoms with E-state index in [-0.39, 0.29) is 0 Å². The molecule has 2 aromatic heterocycles. The molecule has 21 heavy (non-hydrogen) atoms. The summed E-state index contributed by atoms with van der Waals surface area (Å²) < 4.78 is 5.30. The number of aromatic nitrogens is 3. The van der Waals surface area contributed by atoms with Gasteiger partial charge in [0.15, 0.2) is 5.76 Å². The first-order valence-electron chi connectivity index (χ1n) is 6.57. The van der Waals surface area contributed by atoms with Crippen molar-refractivity contribution in [3.8, 4) is 11.3 Å². The van der Waals surface area contributed by atoms with Crippen LogP contribution in [-0.4, -0.2) is 15.1 Å². The Morgan fingerprint density at radius 1 is 1.14 bits per heavy atom. The summed E-state index contributed by atoms with van der Waals surface area (Å²) in [4.78, 5) is 8.36. The van der Waals surface area contributed by atoms with Crippen LogP contribution in [0.4, 0.5) is 11.8 Å². The number of anilines is 2. The molecule has 0 fully saturated rings. The lowest BCUT2D eigenvalue weighted by molar-refractivity contribution is 0.390. The molecule has 2 heterocycles. The summed E-state index contributed by atoms with van der Waals surface area (Å²) in [5, 5.41) is 7.12. The van der Waals surface area contributed by atoms with Gasteiger partial charge in [-0.25, -0.2) is 4.98 Å². The number of hydrogen-bond acceptors (Lipinski definition) is 6. The highest BCUT2D eigenvalue weighted by Crippen LogP contribution is 2.19. The predicted octanol–water partition coefficient (Wildman–Crippen LogP) is 2.63. The number of aryl methyl sites for hydroxylation is 1. The molecular weight excluding hydrogens is 266 g/mol. The van der Waals surface area contributed by atoms with Crippen LogP contribution >= 0.6 is 0 Å². The number of nitrogens with zero attached hydrogens (tertiary/aromatic N) is 3. The normalized spacial score (nSPS) is 10.5. The molecule has 0 unspecified atom stereocenters. The fraction of sp³-hybridized carbons (Fsp3) is 0.133. The Balaban J connectivity index is 1.70. The molecule has 3 N–H and O–H groups in total. The van der Waals surface area contributed by atoms with Gasteiger partial charge in [0.05, 0.1) is 6.54 Å². The van der Waals surface area contributed by atoms with Gasteiger partial charge in [0.25, 0.3) is 0 Å². The zero-order valence-electron chi connectivity index (χ0n) is 11.6. The highest BCUT2D eigenvalue weighted by Gasteiger charge is 2.07. The van der Waals surface area contributed by atoms with Gasteiger partial charge in [0, 0.05) is 23.4 Å². The summed E-state index contributed by atoms with van der Waals surface area (Å²) in [6.07, 6.45) is 0. The van der Waals surface area contributed by atoms with E-state index in [1.54, 1.807) is 6.07 Å². The molecule has 1 aromatic carbocycles. The van der Waals surface area contributed by atoms with Crippen molar-refractivity contribution < 1.29 is 4.52 Å². The first kappa shape index (κ1) is 13.1. The molecule has 0 radical (unpaired) electrons. The van der Waals surface area contributed by atoms with Crippen LogP contribution in [0.5, 0.6) is 0 Å². The molecule has 3 aromatic rings. The van der Waals surface area contributed by atoms with Gasteiger partial charge in [0.1, 0.15) is 11.5 Å². The van der Waals surface area contributed by atoms with Gasteiger partial charge in [-0.2, -0.15) is 4.98 Å². The Morgan fingerprint density at radius 2 is 1.95 bits per heavy atom. The Hall–Kier alpha value is -2.89. The monoisotopic (exact) mass is 281 g/mol. The fourth-order valence-electron chi connectivity index (χ4n) is 1.98. The number of nitrogens with one attached hydrogen (secondary N) is 1. The molecule has 0 amide bonds. The number of hydrogen-bond donors (Lipinski definition) is 2. The summed E-state index contributed by atoms with van der Waals surface area (Å²) >= 11 is 0. The van der Waals surface area contributed by atoms with E-state index < -0.39 is 0 Å². The van der Waals surface area contributed by atoms with Gasteiger partial charge in [-0.15, -0.1) is 0 Å². The Morgan fingerprint density at radius 3 is 2.71 bits per heavy atom. The van der Waals surface area contributed by atoms with Crippen molar-refractivity contribution in [2.24, 2.45) is 0 Å². The average molecular weight is 281 g/mol. The quantitative estimate of drug-likeness (QED) is 0.764. The lowest BCUT2D eigenvalue weighted by Crippen LogP contribution is -2.05.